The summed E-state index contributed by atoms with van der Waals surface area (Å²) in [6, 6.07) is 10.6. The third-order valence-corrected chi connectivity index (χ3v) is 6.92. The monoisotopic (exact) mass is 420 g/mol. The van der Waals surface area contributed by atoms with Crippen LogP contribution < -0.4 is 4.74 Å². The summed E-state index contributed by atoms with van der Waals surface area (Å²) in [7, 11) is -3.72. The van der Waals surface area contributed by atoms with E-state index in [4.69, 9.17) is 4.74 Å². The van der Waals surface area contributed by atoms with Gasteiger partial charge in [-0.1, -0.05) is 18.2 Å². The molecule has 0 unspecified atom stereocenters. The Morgan fingerprint density at radius 1 is 1.00 bits per heavy atom. The molecule has 1 saturated heterocycles. The zero-order chi connectivity index (χ0) is 21.0. The van der Waals surface area contributed by atoms with E-state index in [0.717, 1.165) is 23.3 Å². The molecular formula is C21H25FN2O4S. The van der Waals surface area contributed by atoms with Crippen molar-refractivity contribution in [1.29, 1.82) is 0 Å². The van der Waals surface area contributed by atoms with E-state index in [-0.39, 0.29) is 30.5 Å². The minimum Gasteiger partial charge on any atom is -0.483 e. The highest BCUT2D eigenvalue weighted by molar-refractivity contribution is 7.89. The Hall–Kier alpha value is -2.45. The van der Waals surface area contributed by atoms with Gasteiger partial charge >= 0.3 is 0 Å². The van der Waals surface area contributed by atoms with Crippen LogP contribution in [0.1, 0.15) is 17.5 Å². The molecular weight excluding hydrogens is 395 g/mol. The van der Waals surface area contributed by atoms with E-state index in [9.17, 15) is 17.6 Å². The smallest absolute Gasteiger partial charge is 0.260 e. The lowest BCUT2D eigenvalue weighted by atomic mass is 10.1. The topological polar surface area (TPSA) is 66.9 Å². The standard InChI is InChI=1S/C21H25FN2O4S/c1-16-5-3-6-17(2)21(16)28-15-20(25)23-11-4-12-24(14-13-23)29(26,27)19-9-7-18(22)8-10-19/h3,5-10H,4,11-15H2,1-2H3. The van der Waals surface area contributed by atoms with Crippen LogP contribution in [-0.2, 0) is 14.8 Å². The number of hydrogen-bond donors (Lipinski definition) is 0. The second kappa shape index (κ2) is 8.92. The number of aryl methyl sites for hydroxylation is 2. The van der Waals surface area contributed by atoms with E-state index >= 15 is 0 Å². The van der Waals surface area contributed by atoms with Crippen LogP contribution in [-0.4, -0.2) is 56.3 Å². The van der Waals surface area contributed by atoms with E-state index < -0.39 is 15.8 Å². The number of rotatable bonds is 5. The van der Waals surface area contributed by atoms with Crippen molar-refractivity contribution in [2.24, 2.45) is 0 Å². The van der Waals surface area contributed by atoms with Gasteiger partial charge in [-0.05, 0) is 55.7 Å². The number of sulfonamides is 1. The number of hydrogen-bond acceptors (Lipinski definition) is 4. The van der Waals surface area contributed by atoms with Crippen molar-refractivity contribution in [2.75, 3.05) is 32.8 Å². The molecule has 0 bridgehead atoms. The fraction of sp³-hybridized carbons (Fsp3) is 0.381. The molecule has 1 fully saturated rings. The first-order valence-electron chi connectivity index (χ1n) is 9.51. The molecule has 2 aromatic carbocycles. The number of amides is 1. The van der Waals surface area contributed by atoms with Gasteiger partial charge in [-0.3, -0.25) is 4.79 Å². The van der Waals surface area contributed by atoms with Gasteiger partial charge in [-0.15, -0.1) is 0 Å². The second-order valence-corrected chi connectivity index (χ2v) is 9.04. The van der Waals surface area contributed by atoms with Crippen LogP contribution >= 0.6 is 0 Å². The van der Waals surface area contributed by atoms with Crippen LogP contribution in [0, 0.1) is 19.7 Å². The number of carbonyl (C=O) groups is 1. The van der Waals surface area contributed by atoms with Crippen LogP contribution in [0.5, 0.6) is 5.75 Å². The van der Waals surface area contributed by atoms with E-state index in [1.54, 1.807) is 4.90 Å². The molecule has 0 radical (unpaired) electrons. The zero-order valence-electron chi connectivity index (χ0n) is 16.6. The average molecular weight is 421 g/mol. The normalized spacial score (nSPS) is 15.8. The lowest BCUT2D eigenvalue weighted by Gasteiger charge is -2.22. The minimum atomic E-state index is -3.72. The Morgan fingerprint density at radius 3 is 2.31 bits per heavy atom. The van der Waals surface area contributed by atoms with Crippen LogP contribution in [0.4, 0.5) is 4.39 Å². The van der Waals surface area contributed by atoms with Gasteiger partial charge in [0.15, 0.2) is 6.61 Å². The van der Waals surface area contributed by atoms with Gasteiger partial charge in [0.2, 0.25) is 10.0 Å². The quantitative estimate of drug-likeness (QED) is 0.746. The minimum absolute atomic E-state index is 0.0528. The van der Waals surface area contributed by atoms with Crippen molar-refractivity contribution < 1.29 is 22.3 Å². The van der Waals surface area contributed by atoms with Gasteiger partial charge in [-0.2, -0.15) is 4.31 Å². The molecule has 3 rings (SSSR count). The Labute approximate surface area is 170 Å². The van der Waals surface area contributed by atoms with E-state index in [1.165, 1.54) is 16.4 Å². The molecule has 0 atom stereocenters. The van der Waals surface area contributed by atoms with Crippen molar-refractivity contribution in [3.8, 4) is 5.75 Å². The summed E-state index contributed by atoms with van der Waals surface area (Å²) in [6.07, 6.45) is 0.523. The third kappa shape index (κ3) is 4.94. The molecule has 156 valence electrons. The van der Waals surface area contributed by atoms with E-state index in [2.05, 4.69) is 0 Å². The fourth-order valence-corrected chi connectivity index (χ4v) is 4.86. The van der Waals surface area contributed by atoms with Crippen LogP contribution in [0.25, 0.3) is 0 Å². The molecule has 1 aliphatic rings. The Morgan fingerprint density at radius 2 is 1.66 bits per heavy atom. The molecule has 0 aliphatic carbocycles. The third-order valence-electron chi connectivity index (χ3n) is 5.01. The van der Waals surface area contributed by atoms with Crippen molar-refractivity contribution >= 4 is 15.9 Å². The maximum atomic E-state index is 13.1. The number of ether oxygens (including phenoxy) is 1. The summed E-state index contributed by atoms with van der Waals surface area (Å²) < 4.78 is 45.8. The van der Waals surface area contributed by atoms with E-state index in [1.807, 2.05) is 32.0 Å². The Kier molecular flexibility index (Phi) is 6.54. The van der Waals surface area contributed by atoms with Gasteiger partial charge in [-0.25, -0.2) is 12.8 Å². The van der Waals surface area contributed by atoms with Gasteiger partial charge in [0.1, 0.15) is 11.6 Å². The molecule has 29 heavy (non-hydrogen) atoms. The van der Waals surface area contributed by atoms with Crippen molar-refractivity contribution in [1.82, 2.24) is 9.21 Å². The van der Waals surface area contributed by atoms with Crippen molar-refractivity contribution in [3.05, 3.63) is 59.4 Å². The lowest BCUT2D eigenvalue weighted by molar-refractivity contribution is -0.133. The van der Waals surface area contributed by atoms with Gasteiger partial charge in [0.05, 0.1) is 4.90 Å². The average Bonchev–Trinajstić information content (AvgIpc) is 2.94. The number of carbonyl (C=O) groups excluding carboxylic acids is 1. The first-order chi connectivity index (χ1) is 13.8. The van der Waals surface area contributed by atoms with Crippen molar-refractivity contribution in [3.63, 3.8) is 0 Å². The lowest BCUT2D eigenvalue weighted by Crippen LogP contribution is -2.39. The summed E-state index contributed by atoms with van der Waals surface area (Å²) >= 11 is 0. The SMILES string of the molecule is Cc1cccc(C)c1OCC(=O)N1CCCN(S(=O)(=O)c2ccc(F)cc2)CC1. The summed E-state index contributed by atoms with van der Waals surface area (Å²) in [5.41, 5.74) is 1.93. The highest BCUT2D eigenvalue weighted by Gasteiger charge is 2.28. The largest absolute Gasteiger partial charge is 0.483 e. The zero-order valence-corrected chi connectivity index (χ0v) is 17.4. The maximum absolute atomic E-state index is 13.1. The fourth-order valence-electron chi connectivity index (χ4n) is 3.39. The number of nitrogens with zero attached hydrogens (tertiary/aromatic N) is 2. The molecule has 6 nitrogen and oxygen atoms in total. The highest BCUT2D eigenvalue weighted by atomic mass is 32.2. The van der Waals surface area contributed by atoms with Gasteiger partial charge < -0.3 is 9.64 Å². The molecule has 0 aromatic heterocycles. The molecule has 0 saturated carbocycles. The predicted molar refractivity (Wildman–Crippen MR) is 108 cm³/mol. The van der Waals surface area contributed by atoms with Gasteiger partial charge in [0, 0.05) is 26.2 Å². The second-order valence-electron chi connectivity index (χ2n) is 7.10. The maximum Gasteiger partial charge on any atom is 0.260 e. The Balaban J connectivity index is 1.62. The van der Waals surface area contributed by atoms with Crippen molar-refractivity contribution in [2.45, 2.75) is 25.2 Å². The van der Waals surface area contributed by atoms with Crippen LogP contribution in [0.15, 0.2) is 47.4 Å². The molecule has 2 aromatic rings. The number of para-hydroxylation sites is 1. The summed E-state index contributed by atoms with van der Waals surface area (Å²) in [6.45, 7) is 5.01. The molecule has 1 heterocycles. The van der Waals surface area contributed by atoms with E-state index in [0.29, 0.717) is 25.3 Å². The molecule has 0 spiro atoms. The molecule has 8 heteroatoms. The van der Waals surface area contributed by atoms with Crippen LogP contribution in [0.3, 0.4) is 0 Å². The molecule has 1 aliphatic heterocycles. The number of halogens is 1. The van der Waals surface area contributed by atoms with Crippen LogP contribution in [0.2, 0.25) is 0 Å². The van der Waals surface area contributed by atoms with Gasteiger partial charge in [0.25, 0.3) is 5.91 Å². The molecule has 1 amide bonds. The highest BCUT2D eigenvalue weighted by Crippen LogP contribution is 2.22. The summed E-state index contributed by atoms with van der Waals surface area (Å²) in [5, 5.41) is 0. The number of benzene rings is 2. The first-order valence-corrected chi connectivity index (χ1v) is 11.0. The summed E-state index contributed by atoms with van der Waals surface area (Å²) in [4.78, 5) is 14.3. The first kappa shape index (κ1) is 21.3. The summed E-state index contributed by atoms with van der Waals surface area (Å²) in [5.74, 6) is 0.0466. The molecule has 0 N–H and O–H groups in total. The Bertz CT molecular complexity index is 956. The predicted octanol–water partition coefficient (Wildman–Crippen LogP) is 2.74.